The molecule has 0 bridgehead atoms. The summed E-state index contributed by atoms with van der Waals surface area (Å²) >= 11 is 0. The monoisotopic (exact) mass is 289 g/mol. The highest BCUT2D eigenvalue weighted by Crippen LogP contribution is 2.24. The first-order valence-corrected chi connectivity index (χ1v) is 7.78. The molecule has 1 fully saturated rings. The van der Waals surface area contributed by atoms with Gasteiger partial charge in [0.1, 0.15) is 5.82 Å². The van der Waals surface area contributed by atoms with Crippen LogP contribution in [0.5, 0.6) is 0 Å². The van der Waals surface area contributed by atoms with Crippen molar-refractivity contribution < 1.29 is 5.11 Å². The van der Waals surface area contributed by atoms with Crippen molar-refractivity contribution in [2.75, 3.05) is 17.2 Å². The first-order valence-electron chi connectivity index (χ1n) is 7.78. The molecule has 0 amide bonds. The van der Waals surface area contributed by atoms with Crippen LogP contribution in [-0.2, 0) is 0 Å². The molecular weight excluding hydrogens is 266 g/mol. The van der Waals surface area contributed by atoms with Gasteiger partial charge >= 0.3 is 0 Å². The summed E-state index contributed by atoms with van der Waals surface area (Å²) in [5.41, 5.74) is 0.850. The second kappa shape index (κ2) is 6.30. The Morgan fingerprint density at radius 1 is 1.33 bits per heavy atom. The molecule has 2 aromatic rings. The van der Waals surface area contributed by atoms with E-state index in [4.69, 9.17) is 0 Å². The molecule has 2 heterocycles. The number of nitrogens with zero attached hydrogens (tertiary/aromatic N) is 3. The summed E-state index contributed by atoms with van der Waals surface area (Å²) in [6, 6.07) is 0.364. The molecule has 1 aliphatic carbocycles. The van der Waals surface area contributed by atoms with Gasteiger partial charge in [-0.15, -0.1) is 0 Å². The van der Waals surface area contributed by atoms with Gasteiger partial charge in [0.25, 0.3) is 0 Å². The zero-order valence-electron chi connectivity index (χ0n) is 12.4. The Labute approximate surface area is 124 Å². The number of nitrogens with one attached hydrogen (secondary N) is 2. The normalized spacial score (nSPS) is 22.4. The van der Waals surface area contributed by atoms with Gasteiger partial charge in [0.15, 0.2) is 11.5 Å². The molecule has 0 aliphatic heterocycles. The van der Waals surface area contributed by atoms with Crippen LogP contribution in [0.1, 0.15) is 39.0 Å². The summed E-state index contributed by atoms with van der Waals surface area (Å²) in [6.07, 6.45) is 10.3. The SMILES string of the molecule is CCCNc1cn2ccnc2c(NC2CCC(O)CC2)n1. The number of aliphatic hydroxyl groups is 1. The number of anilines is 2. The first kappa shape index (κ1) is 14.1. The van der Waals surface area contributed by atoms with E-state index >= 15 is 0 Å². The second-order valence-corrected chi connectivity index (χ2v) is 5.71. The molecule has 3 rings (SSSR count). The van der Waals surface area contributed by atoms with Crippen LogP contribution in [0.25, 0.3) is 5.65 Å². The van der Waals surface area contributed by atoms with Crippen molar-refractivity contribution in [3.8, 4) is 0 Å². The maximum absolute atomic E-state index is 9.60. The predicted octanol–water partition coefficient (Wildman–Crippen LogP) is 2.27. The lowest BCUT2D eigenvalue weighted by molar-refractivity contribution is 0.126. The molecular formula is C15H23N5O. The fourth-order valence-electron chi connectivity index (χ4n) is 2.78. The molecule has 1 aliphatic rings. The Hall–Kier alpha value is -1.82. The standard InChI is InChI=1S/C15H23N5O/c1-2-7-16-13-10-20-9-8-17-15(20)14(19-13)18-11-3-5-12(21)6-4-11/h8-12,16,21H,2-7H2,1H3,(H,18,19). The van der Waals surface area contributed by atoms with E-state index in [0.717, 1.165) is 55.9 Å². The van der Waals surface area contributed by atoms with Gasteiger partial charge in [0.2, 0.25) is 0 Å². The summed E-state index contributed by atoms with van der Waals surface area (Å²) < 4.78 is 1.99. The molecule has 114 valence electrons. The molecule has 0 radical (unpaired) electrons. The minimum absolute atomic E-state index is 0.139. The average Bonchev–Trinajstić information content (AvgIpc) is 2.96. The van der Waals surface area contributed by atoms with Crippen LogP contribution in [0.2, 0.25) is 0 Å². The van der Waals surface area contributed by atoms with Gasteiger partial charge in [0, 0.05) is 25.0 Å². The Morgan fingerprint density at radius 2 is 2.14 bits per heavy atom. The zero-order valence-corrected chi connectivity index (χ0v) is 12.4. The lowest BCUT2D eigenvalue weighted by Gasteiger charge is -2.26. The van der Waals surface area contributed by atoms with Gasteiger partial charge in [0.05, 0.1) is 12.3 Å². The van der Waals surface area contributed by atoms with Crippen molar-refractivity contribution in [2.45, 2.75) is 51.2 Å². The lowest BCUT2D eigenvalue weighted by atomic mass is 9.93. The highest BCUT2D eigenvalue weighted by molar-refractivity contribution is 5.65. The predicted molar refractivity (Wildman–Crippen MR) is 83.7 cm³/mol. The van der Waals surface area contributed by atoms with Crippen molar-refractivity contribution >= 4 is 17.3 Å². The van der Waals surface area contributed by atoms with Crippen LogP contribution >= 0.6 is 0 Å². The highest BCUT2D eigenvalue weighted by Gasteiger charge is 2.20. The van der Waals surface area contributed by atoms with Gasteiger partial charge in [-0.2, -0.15) is 0 Å². The van der Waals surface area contributed by atoms with E-state index in [2.05, 4.69) is 27.5 Å². The fourth-order valence-corrected chi connectivity index (χ4v) is 2.78. The summed E-state index contributed by atoms with van der Waals surface area (Å²) in [6.45, 7) is 3.04. The quantitative estimate of drug-likeness (QED) is 0.787. The van der Waals surface area contributed by atoms with Crippen LogP contribution in [0.15, 0.2) is 18.6 Å². The van der Waals surface area contributed by atoms with Gasteiger partial charge < -0.3 is 20.1 Å². The molecule has 21 heavy (non-hydrogen) atoms. The number of aliphatic hydroxyl groups excluding tert-OH is 1. The third kappa shape index (κ3) is 3.26. The first-order chi connectivity index (χ1) is 10.3. The van der Waals surface area contributed by atoms with Crippen LogP contribution in [-0.4, -0.2) is 38.2 Å². The van der Waals surface area contributed by atoms with Crippen molar-refractivity contribution in [3.63, 3.8) is 0 Å². The molecule has 0 atom stereocenters. The molecule has 6 nitrogen and oxygen atoms in total. The van der Waals surface area contributed by atoms with E-state index in [1.807, 2.05) is 16.8 Å². The van der Waals surface area contributed by atoms with Crippen LogP contribution in [0.4, 0.5) is 11.6 Å². The van der Waals surface area contributed by atoms with Crippen molar-refractivity contribution in [3.05, 3.63) is 18.6 Å². The minimum Gasteiger partial charge on any atom is -0.393 e. The number of fused-ring (bicyclic) bond motifs is 1. The van der Waals surface area contributed by atoms with Crippen molar-refractivity contribution in [1.82, 2.24) is 14.4 Å². The van der Waals surface area contributed by atoms with E-state index in [-0.39, 0.29) is 6.10 Å². The Bertz CT molecular complexity index is 589. The van der Waals surface area contributed by atoms with E-state index in [1.165, 1.54) is 0 Å². The number of aromatic nitrogens is 3. The molecule has 0 spiro atoms. The van der Waals surface area contributed by atoms with Crippen molar-refractivity contribution in [1.29, 1.82) is 0 Å². The van der Waals surface area contributed by atoms with E-state index in [0.29, 0.717) is 6.04 Å². The maximum Gasteiger partial charge on any atom is 0.180 e. The third-order valence-electron chi connectivity index (χ3n) is 3.97. The molecule has 3 N–H and O–H groups in total. The Balaban J connectivity index is 1.80. The van der Waals surface area contributed by atoms with Crippen molar-refractivity contribution in [2.24, 2.45) is 0 Å². The second-order valence-electron chi connectivity index (χ2n) is 5.71. The summed E-state index contributed by atoms with van der Waals surface area (Å²) in [5.74, 6) is 1.68. The summed E-state index contributed by atoms with van der Waals surface area (Å²) in [7, 11) is 0. The van der Waals surface area contributed by atoms with Gasteiger partial charge in [-0.3, -0.25) is 0 Å². The smallest absolute Gasteiger partial charge is 0.180 e. The van der Waals surface area contributed by atoms with Crippen LogP contribution in [0, 0.1) is 0 Å². The number of hydrogen-bond acceptors (Lipinski definition) is 5. The molecule has 0 unspecified atom stereocenters. The van der Waals surface area contributed by atoms with Crippen LogP contribution < -0.4 is 10.6 Å². The molecule has 2 aromatic heterocycles. The fraction of sp³-hybridized carbons (Fsp3) is 0.600. The van der Waals surface area contributed by atoms with E-state index in [1.54, 1.807) is 6.20 Å². The topological polar surface area (TPSA) is 74.5 Å². The van der Waals surface area contributed by atoms with E-state index in [9.17, 15) is 5.11 Å². The lowest BCUT2D eigenvalue weighted by Crippen LogP contribution is -2.28. The molecule has 0 saturated heterocycles. The number of rotatable bonds is 5. The minimum atomic E-state index is -0.139. The van der Waals surface area contributed by atoms with Gasteiger partial charge in [-0.1, -0.05) is 6.92 Å². The number of hydrogen-bond donors (Lipinski definition) is 3. The Morgan fingerprint density at radius 3 is 2.90 bits per heavy atom. The van der Waals surface area contributed by atoms with Gasteiger partial charge in [-0.05, 0) is 32.1 Å². The average molecular weight is 289 g/mol. The molecule has 0 aromatic carbocycles. The third-order valence-corrected chi connectivity index (χ3v) is 3.97. The molecule has 6 heteroatoms. The summed E-state index contributed by atoms with van der Waals surface area (Å²) in [5, 5.41) is 16.4. The summed E-state index contributed by atoms with van der Waals surface area (Å²) in [4.78, 5) is 9.04. The molecule has 1 saturated carbocycles. The van der Waals surface area contributed by atoms with Gasteiger partial charge in [-0.25, -0.2) is 9.97 Å². The zero-order chi connectivity index (χ0) is 14.7. The maximum atomic E-state index is 9.60. The van der Waals surface area contributed by atoms with E-state index < -0.39 is 0 Å². The van der Waals surface area contributed by atoms with Crippen LogP contribution in [0.3, 0.4) is 0 Å². The highest BCUT2D eigenvalue weighted by atomic mass is 16.3. The number of imidazole rings is 1. The largest absolute Gasteiger partial charge is 0.393 e. The Kier molecular flexibility index (Phi) is 4.24.